The lowest BCUT2D eigenvalue weighted by atomic mass is 10.1. The summed E-state index contributed by atoms with van der Waals surface area (Å²) in [7, 11) is -3.78. The third kappa shape index (κ3) is 5.14. The molecule has 1 amide bonds. The van der Waals surface area contributed by atoms with E-state index in [0.717, 1.165) is 11.1 Å². The van der Waals surface area contributed by atoms with Crippen molar-refractivity contribution in [3.8, 4) is 11.6 Å². The van der Waals surface area contributed by atoms with Crippen molar-refractivity contribution in [1.82, 2.24) is 14.3 Å². The number of fused-ring (bicyclic) bond motifs is 1. The Balaban J connectivity index is 1.46. The van der Waals surface area contributed by atoms with Gasteiger partial charge >= 0.3 is 0 Å². The van der Waals surface area contributed by atoms with Crippen molar-refractivity contribution >= 4 is 32.9 Å². The molecule has 0 saturated carbocycles. The van der Waals surface area contributed by atoms with Crippen LogP contribution in [0.5, 0.6) is 5.88 Å². The van der Waals surface area contributed by atoms with E-state index in [9.17, 15) is 23.1 Å². The van der Waals surface area contributed by atoms with E-state index in [-0.39, 0.29) is 35.0 Å². The molecule has 40 heavy (non-hydrogen) atoms. The first-order chi connectivity index (χ1) is 19.2. The lowest BCUT2D eigenvalue weighted by molar-refractivity contribution is 0.0730. The maximum Gasteiger partial charge on any atom is 0.271 e. The number of nitrogens with one attached hydrogen (secondary N) is 1. The molecule has 1 aliphatic rings. The Hall–Kier alpha value is -4.32. The van der Waals surface area contributed by atoms with Crippen molar-refractivity contribution in [3.63, 3.8) is 0 Å². The number of aromatic nitrogens is 1. The van der Waals surface area contributed by atoms with Gasteiger partial charge in [0.05, 0.1) is 35.6 Å². The third-order valence-electron chi connectivity index (χ3n) is 6.92. The molecule has 2 heterocycles. The SMILES string of the molecule is Cc1ccc(-n2c(O)c(/C=N\NC(=O)c3cccc(S(=O)(=O)N4CCOCC4)c3)c3ccccc3c2=O)cc1C. The molecule has 3 aromatic carbocycles. The fraction of sp³-hybridized carbons (Fsp3) is 0.207. The van der Waals surface area contributed by atoms with Gasteiger partial charge in [-0.05, 0) is 61.4 Å². The summed E-state index contributed by atoms with van der Waals surface area (Å²) in [5.74, 6) is -0.967. The Morgan fingerprint density at radius 2 is 1.70 bits per heavy atom. The Kier molecular flexibility index (Phi) is 7.53. The van der Waals surface area contributed by atoms with Crippen molar-refractivity contribution < 1.29 is 23.1 Å². The zero-order chi connectivity index (χ0) is 28.4. The van der Waals surface area contributed by atoms with Crippen LogP contribution in [0.1, 0.15) is 27.0 Å². The summed E-state index contributed by atoms with van der Waals surface area (Å²) in [6.07, 6.45) is 1.26. The molecule has 5 rings (SSSR count). The first-order valence-electron chi connectivity index (χ1n) is 12.6. The number of hydrogen-bond donors (Lipinski definition) is 2. The number of morpholine rings is 1. The molecule has 0 bridgehead atoms. The highest BCUT2D eigenvalue weighted by atomic mass is 32.2. The van der Waals surface area contributed by atoms with Crippen LogP contribution in [0.2, 0.25) is 0 Å². The highest BCUT2D eigenvalue weighted by Crippen LogP contribution is 2.26. The van der Waals surface area contributed by atoms with Gasteiger partial charge in [0.25, 0.3) is 11.5 Å². The molecule has 206 valence electrons. The van der Waals surface area contributed by atoms with Gasteiger partial charge in [-0.2, -0.15) is 9.41 Å². The maximum atomic E-state index is 13.3. The van der Waals surface area contributed by atoms with Gasteiger partial charge in [0, 0.05) is 29.4 Å². The van der Waals surface area contributed by atoms with Crippen molar-refractivity contribution in [3.05, 3.63) is 99.3 Å². The minimum absolute atomic E-state index is 0.00450. The number of benzene rings is 3. The maximum absolute atomic E-state index is 13.3. The van der Waals surface area contributed by atoms with Gasteiger partial charge in [0.2, 0.25) is 15.9 Å². The van der Waals surface area contributed by atoms with E-state index in [1.165, 1.54) is 39.4 Å². The number of rotatable bonds is 6. The summed E-state index contributed by atoms with van der Waals surface area (Å²) in [5, 5.41) is 16.1. The number of carbonyl (C=O) groups is 1. The molecule has 10 nitrogen and oxygen atoms in total. The molecule has 0 spiro atoms. The second-order valence-electron chi connectivity index (χ2n) is 9.44. The molecule has 1 saturated heterocycles. The van der Waals surface area contributed by atoms with Crippen LogP contribution in [0.25, 0.3) is 16.5 Å². The van der Waals surface area contributed by atoms with E-state index in [2.05, 4.69) is 10.5 Å². The fourth-order valence-corrected chi connectivity index (χ4v) is 6.00. The summed E-state index contributed by atoms with van der Waals surface area (Å²) < 4.78 is 33.7. The van der Waals surface area contributed by atoms with E-state index in [1.54, 1.807) is 30.3 Å². The van der Waals surface area contributed by atoms with E-state index in [0.29, 0.717) is 29.7 Å². The van der Waals surface area contributed by atoms with Crippen molar-refractivity contribution in [2.45, 2.75) is 18.7 Å². The highest BCUT2D eigenvalue weighted by molar-refractivity contribution is 7.89. The molecule has 2 N–H and O–H groups in total. The molecular weight excluding hydrogens is 532 g/mol. The topological polar surface area (TPSA) is 130 Å². The molecule has 1 aliphatic heterocycles. The van der Waals surface area contributed by atoms with Gasteiger partial charge < -0.3 is 9.84 Å². The number of nitrogens with zero attached hydrogens (tertiary/aromatic N) is 3. The van der Waals surface area contributed by atoms with Crippen LogP contribution in [0.15, 0.2) is 81.5 Å². The van der Waals surface area contributed by atoms with Crippen LogP contribution in [0.4, 0.5) is 0 Å². The van der Waals surface area contributed by atoms with Crippen LogP contribution in [0.3, 0.4) is 0 Å². The molecular formula is C29H28N4O6S. The monoisotopic (exact) mass is 560 g/mol. The first kappa shape index (κ1) is 27.3. The van der Waals surface area contributed by atoms with Crippen molar-refractivity contribution in [1.29, 1.82) is 0 Å². The smallest absolute Gasteiger partial charge is 0.271 e. The summed E-state index contributed by atoms with van der Waals surface area (Å²) in [6, 6.07) is 17.9. The molecule has 11 heteroatoms. The standard InChI is InChI=1S/C29H28N4O6S/c1-19-10-11-22(16-20(19)2)33-28(35)25-9-4-3-8-24(25)26(29(33)36)18-30-31-27(34)21-6-5-7-23(17-21)40(37,38)32-12-14-39-15-13-32/h3-11,16-18,36H,12-15H2,1-2H3,(H,31,34)/b30-18-. The Morgan fingerprint density at radius 1 is 0.975 bits per heavy atom. The average molecular weight is 561 g/mol. The molecule has 0 atom stereocenters. The molecule has 0 aliphatic carbocycles. The van der Waals surface area contributed by atoms with E-state index in [4.69, 9.17) is 4.74 Å². The van der Waals surface area contributed by atoms with Gasteiger partial charge in [-0.25, -0.2) is 18.4 Å². The van der Waals surface area contributed by atoms with Gasteiger partial charge in [0.15, 0.2) is 0 Å². The number of hydrazone groups is 1. The zero-order valence-corrected chi connectivity index (χ0v) is 22.8. The van der Waals surface area contributed by atoms with E-state index >= 15 is 0 Å². The first-order valence-corrected chi connectivity index (χ1v) is 14.1. The number of amides is 1. The normalized spacial score (nSPS) is 14.6. The summed E-state index contributed by atoms with van der Waals surface area (Å²) in [5.41, 5.74) is 4.82. The van der Waals surface area contributed by atoms with Crippen molar-refractivity contribution in [2.75, 3.05) is 26.3 Å². The number of ether oxygens (including phenoxy) is 1. The largest absolute Gasteiger partial charge is 0.494 e. The molecule has 0 radical (unpaired) electrons. The van der Waals surface area contributed by atoms with Gasteiger partial charge in [-0.3, -0.25) is 9.59 Å². The summed E-state index contributed by atoms with van der Waals surface area (Å²) in [6.45, 7) is 4.98. The fourth-order valence-electron chi connectivity index (χ4n) is 4.55. The van der Waals surface area contributed by atoms with Crippen LogP contribution in [0, 0.1) is 13.8 Å². The number of aromatic hydroxyl groups is 1. The highest BCUT2D eigenvalue weighted by Gasteiger charge is 2.27. The average Bonchev–Trinajstić information content (AvgIpc) is 2.97. The zero-order valence-electron chi connectivity index (χ0n) is 22.0. The molecule has 4 aromatic rings. The molecule has 1 fully saturated rings. The van der Waals surface area contributed by atoms with Gasteiger partial charge in [0.1, 0.15) is 0 Å². The second-order valence-corrected chi connectivity index (χ2v) is 11.4. The van der Waals surface area contributed by atoms with Crippen LogP contribution >= 0.6 is 0 Å². The Bertz CT molecular complexity index is 1810. The minimum atomic E-state index is -3.78. The third-order valence-corrected chi connectivity index (χ3v) is 8.81. The van der Waals surface area contributed by atoms with E-state index in [1.807, 2.05) is 26.0 Å². The van der Waals surface area contributed by atoms with Gasteiger partial charge in [-0.1, -0.05) is 30.3 Å². The van der Waals surface area contributed by atoms with Crippen molar-refractivity contribution in [2.24, 2.45) is 5.10 Å². The van der Waals surface area contributed by atoms with Crippen LogP contribution in [-0.4, -0.2) is 60.8 Å². The number of hydrogen-bond acceptors (Lipinski definition) is 7. The quantitative estimate of drug-likeness (QED) is 0.275. The predicted octanol–water partition coefficient (Wildman–Crippen LogP) is 3.10. The number of aryl methyl sites for hydroxylation is 2. The number of sulfonamides is 1. The number of pyridine rings is 1. The van der Waals surface area contributed by atoms with E-state index < -0.39 is 21.5 Å². The Morgan fingerprint density at radius 3 is 2.42 bits per heavy atom. The predicted molar refractivity (Wildman–Crippen MR) is 152 cm³/mol. The second kappa shape index (κ2) is 11.0. The molecule has 1 aromatic heterocycles. The summed E-state index contributed by atoms with van der Waals surface area (Å²) >= 11 is 0. The summed E-state index contributed by atoms with van der Waals surface area (Å²) in [4.78, 5) is 26.2. The lowest BCUT2D eigenvalue weighted by Gasteiger charge is -2.26. The lowest BCUT2D eigenvalue weighted by Crippen LogP contribution is -2.40. The Labute approximate surface area is 231 Å². The van der Waals surface area contributed by atoms with Gasteiger partial charge in [-0.15, -0.1) is 0 Å². The van der Waals surface area contributed by atoms with Crippen LogP contribution in [-0.2, 0) is 14.8 Å². The molecule has 0 unspecified atom stereocenters. The van der Waals surface area contributed by atoms with Crippen LogP contribution < -0.4 is 11.0 Å². The number of carbonyl (C=O) groups excluding carboxylic acids is 1. The minimum Gasteiger partial charge on any atom is -0.494 e.